The average molecular weight is 358 g/mol. The fourth-order valence-electron chi connectivity index (χ4n) is 2.33. The molecule has 2 aromatic carbocycles. The molecule has 1 unspecified atom stereocenters. The largest absolute Gasteiger partial charge is 0.325 e. The molecule has 6 heteroatoms. The van der Waals surface area contributed by atoms with Crippen molar-refractivity contribution in [3.8, 4) is 0 Å². The lowest BCUT2D eigenvalue weighted by Gasteiger charge is -2.12. The highest BCUT2D eigenvalue weighted by Crippen LogP contribution is 2.23. The topological polar surface area (TPSA) is 51.1 Å². The van der Waals surface area contributed by atoms with Crippen LogP contribution in [0.4, 0.5) is 5.69 Å². The molecule has 3 rings (SSSR count). The molecule has 0 aliphatic carbocycles. The van der Waals surface area contributed by atoms with Crippen LogP contribution in [0.5, 0.6) is 0 Å². The van der Waals surface area contributed by atoms with E-state index in [2.05, 4.69) is 17.4 Å². The molecule has 0 aliphatic heterocycles. The van der Waals surface area contributed by atoms with Crippen molar-refractivity contribution in [2.75, 3.05) is 5.32 Å². The number of anilines is 1. The fraction of sp³-hybridized carbons (Fsp3) is 0.222. The summed E-state index contributed by atoms with van der Waals surface area (Å²) in [6.45, 7) is 1.91. The van der Waals surface area contributed by atoms with Crippen LogP contribution < -0.4 is 10.2 Å². The van der Waals surface area contributed by atoms with Gasteiger partial charge in [-0.15, -0.1) is 11.8 Å². The molecule has 1 amide bonds. The van der Waals surface area contributed by atoms with Gasteiger partial charge in [0.15, 0.2) is 0 Å². The first kappa shape index (κ1) is 16.8. The second-order valence-electron chi connectivity index (χ2n) is 5.54. The van der Waals surface area contributed by atoms with Crippen molar-refractivity contribution in [2.24, 2.45) is 7.05 Å². The molecule has 124 valence electrons. The number of carbonyl (C=O) groups excluding carboxylic acids is 1. The van der Waals surface area contributed by atoms with Crippen molar-refractivity contribution in [3.63, 3.8) is 0 Å². The van der Waals surface area contributed by atoms with Crippen LogP contribution in [-0.2, 0) is 17.6 Å². The third-order valence-electron chi connectivity index (χ3n) is 3.77. The molecule has 1 atom stereocenters. The van der Waals surface area contributed by atoms with Crippen molar-refractivity contribution in [2.45, 2.75) is 17.9 Å². The first-order valence-corrected chi connectivity index (χ1v) is 9.47. The smallest absolute Gasteiger partial charge is 0.307 e. The first-order valence-electron chi connectivity index (χ1n) is 7.60. The molecule has 0 bridgehead atoms. The first-order chi connectivity index (χ1) is 11.5. The minimum absolute atomic E-state index is 0.000242. The van der Waals surface area contributed by atoms with E-state index in [0.717, 1.165) is 21.7 Å². The van der Waals surface area contributed by atoms with E-state index in [1.807, 2.05) is 43.3 Å². The minimum atomic E-state index is -0.157. The number of nitrogens with one attached hydrogen (secondary N) is 1. The molecule has 0 radical (unpaired) electrons. The van der Waals surface area contributed by atoms with E-state index in [4.69, 9.17) is 0 Å². The maximum atomic E-state index is 12.3. The Morgan fingerprint density at radius 1 is 1.25 bits per heavy atom. The summed E-state index contributed by atoms with van der Waals surface area (Å²) in [4.78, 5) is 24.0. The zero-order valence-electron chi connectivity index (χ0n) is 13.5. The van der Waals surface area contributed by atoms with E-state index >= 15 is 0 Å². The van der Waals surface area contributed by atoms with Crippen LogP contribution >= 0.6 is 23.1 Å². The van der Waals surface area contributed by atoms with E-state index in [9.17, 15) is 9.59 Å². The van der Waals surface area contributed by atoms with Gasteiger partial charge >= 0.3 is 4.87 Å². The summed E-state index contributed by atoms with van der Waals surface area (Å²) < 4.78 is 2.49. The van der Waals surface area contributed by atoms with Crippen LogP contribution in [0.1, 0.15) is 12.5 Å². The molecular weight excluding hydrogens is 340 g/mol. The van der Waals surface area contributed by atoms with Crippen molar-refractivity contribution < 1.29 is 4.79 Å². The van der Waals surface area contributed by atoms with Gasteiger partial charge in [0.2, 0.25) is 5.91 Å². The van der Waals surface area contributed by atoms with Crippen LogP contribution in [-0.4, -0.2) is 15.7 Å². The third kappa shape index (κ3) is 3.71. The normalized spacial score (nSPS) is 12.2. The van der Waals surface area contributed by atoms with Crippen LogP contribution in [0.2, 0.25) is 0 Å². The van der Waals surface area contributed by atoms with Gasteiger partial charge in [-0.3, -0.25) is 9.59 Å². The zero-order valence-corrected chi connectivity index (χ0v) is 15.1. The lowest BCUT2D eigenvalue weighted by atomic mass is 10.2. The van der Waals surface area contributed by atoms with Gasteiger partial charge in [-0.05, 0) is 30.7 Å². The van der Waals surface area contributed by atoms with E-state index in [1.54, 1.807) is 23.4 Å². The van der Waals surface area contributed by atoms with E-state index in [1.165, 1.54) is 16.9 Å². The molecule has 0 saturated carbocycles. The Hall–Kier alpha value is -2.05. The number of aromatic nitrogens is 1. The molecule has 3 aromatic rings. The number of thioether (sulfide) groups is 1. The summed E-state index contributed by atoms with van der Waals surface area (Å²) in [6, 6.07) is 15.7. The van der Waals surface area contributed by atoms with Crippen molar-refractivity contribution >= 4 is 44.9 Å². The lowest BCUT2D eigenvalue weighted by Crippen LogP contribution is -2.22. The number of fused-ring (bicyclic) bond motifs is 1. The Balaban J connectivity index is 1.64. The lowest BCUT2D eigenvalue weighted by molar-refractivity contribution is -0.115. The molecule has 0 aliphatic rings. The third-order valence-corrected chi connectivity index (χ3v) is 5.98. The monoisotopic (exact) mass is 358 g/mol. The van der Waals surface area contributed by atoms with Gasteiger partial charge in [-0.2, -0.15) is 0 Å². The molecule has 1 N–H and O–H groups in total. The minimum Gasteiger partial charge on any atom is -0.325 e. The summed E-state index contributed by atoms with van der Waals surface area (Å²) in [7, 11) is 1.75. The maximum absolute atomic E-state index is 12.3. The van der Waals surface area contributed by atoms with Gasteiger partial charge in [0.05, 0.1) is 15.5 Å². The Labute approximate surface area is 148 Å². The number of aryl methyl sites for hydroxylation is 1. The molecule has 24 heavy (non-hydrogen) atoms. The summed E-state index contributed by atoms with van der Waals surface area (Å²) in [5.41, 5.74) is 2.81. The van der Waals surface area contributed by atoms with Crippen molar-refractivity contribution in [1.82, 2.24) is 4.57 Å². The highest BCUT2D eigenvalue weighted by atomic mass is 32.2. The van der Waals surface area contributed by atoms with Gasteiger partial charge in [-0.1, -0.05) is 41.7 Å². The molecule has 1 aromatic heterocycles. The zero-order chi connectivity index (χ0) is 17.1. The fourth-order valence-corrected chi connectivity index (χ4v) is 4.09. The standard InChI is InChI=1S/C18H18N2O2S2/c1-12(23-11-13-6-4-3-5-7-13)17(21)19-14-8-9-15-16(10-14)24-18(22)20(15)2/h3-10,12H,11H2,1-2H3,(H,19,21). The molecule has 1 heterocycles. The van der Waals surface area contributed by atoms with Gasteiger partial charge in [0, 0.05) is 18.5 Å². The van der Waals surface area contributed by atoms with Crippen molar-refractivity contribution in [1.29, 1.82) is 0 Å². The predicted octanol–water partition coefficient (Wildman–Crippen LogP) is 3.86. The second-order valence-corrected chi connectivity index (χ2v) is 7.86. The summed E-state index contributed by atoms with van der Waals surface area (Å²) in [5, 5.41) is 2.78. The Morgan fingerprint density at radius 2 is 2.00 bits per heavy atom. The number of carbonyl (C=O) groups is 1. The van der Waals surface area contributed by atoms with E-state index < -0.39 is 0 Å². The molecular formula is C18H18N2O2S2. The molecule has 4 nitrogen and oxygen atoms in total. The summed E-state index contributed by atoms with van der Waals surface area (Å²) in [6.07, 6.45) is 0. The number of thiazole rings is 1. The Bertz CT molecular complexity index is 916. The SMILES string of the molecule is CC(SCc1ccccc1)C(=O)Nc1ccc2c(c1)sc(=O)n2C. The summed E-state index contributed by atoms with van der Waals surface area (Å²) in [5.74, 6) is 0.771. The number of nitrogens with zero attached hydrogens (tertiary/aromatic N) is 1. The highest BCUT2D eigenvalue weighted by molar-refractivity contribution is 7.99. The Kier molecular flexibility index (Phi) is 5.06. The number of amides is 1. The molecule has 0 spiro atoms. The van der Waals surface area contributed by atoms with Crippen molar-refractivity contribution in [3.05, 3.63) is 63.8 Å². The average Bonchev–Trinajstić information content (AvgIpc) is 2.87. The van der Waals surface area contributed by atoms with Gasteiger partial charge in [0.1, 0.15) is 0 Å². The van der Waals surface area contributed by atoms with E-state index in [0.29, 0.717) is 0 Å². The van der Waals surface area contributed by atoms with Gasteiger partial charge < -0.3 is 9.88 Å². The summed E-state index contributed by atoms with van der Waals surface area (Å²) >= 11 is 2.79. The van der Waals surface area contributed by atoms with Crippen LogP contribution in [0.15, 0.2) is 53.3 Å². The molecule has 0 saturated heterocycles. The van der Waals surface area contributed by atoms with E-state index in [-0.39, 0.29) is 16.0 Å². The predicted molar refractivity (Wildman–Crippen MR) is 103 cm³/mol. The Morgan fingerprint density at radius 3 is 2.75 bits per heavy atom. The number of rotatable bonds is 5. The number of benzene rings is 2. The second kappa shape index (κ2) is 7.23. The van der Waals surface area contributed by atoms with Gasteiger partial charge in [0.25, 0.3) is 0 Å². The quantitative estimate of drug-likeness (QED) is 0.753. The highest BCUT2D eigenvalue weighted by Gasteiger charge is 2.14. The molecule has 0 fully saturated rings. The number of hydrogen-bond acceptors (Lipinski definition) is 4. The van der Waals surface area contributed by atoms with Crippen LogP contribution in [0.25, 0.3) is 10.2 Å². The maximum Gasteiger partial charge on any atom is 0.307 e. The van der Waals surface area contributed by atoms with Crippen LogP contribution in [0.3, 0.4) is 0 Å². The van der Waals surface area contributed by atoms with Crippen LogP contribution in [0, 0.1) is 0 Å². The number of hydrogen-bond donors (Lipinski definition) is 1. The van der Waals surface area contributed by atoms with Gasteiger partial charge in [-0.25, -0.2) is 0 Å².